The van der Waals surface area contributed by atoms with Crippen molar-refractivity contribution in [3.63, 3.8) is 0 Å². The van der Waals surface area contributed by atoms with Crippen molar-refractivity contribution in [1.82, 2.24) is 10.6 Å². The molecule has 0 saturated heterocycles. The number of nitrogens with zero attached hydrogens (tertiary/aromatic N) is 1. The lowest BCUT2D eigenvalue weighted by Gasteiger charge is -2.22. The van der Waals surface area contributed by atoms with Gasteiger partial charge in [0.05, 0.1) is 12.2 Å². The van der Waals surface area contributed by atoms with Gasteiger partial charge in [-0.15, -0.1) is 0 Å². The summed E-state index contributed by atoms with van der Waals surface area (Å²) in [6.45, 7) is 9.39. The summed E-state index contributed by atoms with van der Waals surface area (Å²) in [5.74, 6) is -0.423. The number of nitrogens with one attached hydrogen (secondary N) is 2. The van der Waals surface area contributed by atoms with Crippen molar-refractivity contribution in [2.24, 2.45) is 0 Å². The second-order valence-electron chi connectivity index (χ2n) is 6.20. The van der Waals surface area contributed by atoms with Crippen molar-refractivity contribution in [3.8, 4) is 0 Å². The van der Waals surface area contributed by atoms with Gasteiger partial charge in [-0.25, -0.2) is 4.39 Å². The number of rotatable bonds is 6. The number of carbonyl (C=O) groups is 1. The first-order valence-electron chi connectivity index (χ1n) is 7.24. The van der Waals surface area contributed by atoms with Gasteiger partial charge in [0.2, 0.25) is 5.91 Å². The van der Waals surface area contributed by atoms with Crippen molar-refractivity contribution in [1.29, 1.82) is 0 Å². The molecule has 118 valence electrons. The highest BCUT2D eigenvalue weighted by atomic mass is 19.1. The highest BCUT2D eigenvalue weighted by Gasteiger charge is 2.13. The van der Waals surface area contributed by atoms with Gasteiger partial charge in [-0.3, -0.25) is 4.79 Å². The first kappa shape index (κ1) is 17.4. The lowest BCUT2D eigenvalue weighted by atomic mass is 10.1. The minimum Gasteiger partial charge on any atom is -0.363 e. The van der Waals surface area contributed by atoms with E-state index in [4.69, 9.17) is 0 Å². The zero-order chi connectivity index (χ0) is 16.0. The fourth-order valence-electron chi connectivity index (χ4n) is 1.89. The zero-order valence-corrected chi connectivity index (χ0v) is 13.6. The Balaban J connectivity index is 2.71. The topological polar surface area (TPSA) is 44.4 Å². The van der Waals surface area contributed by atoms with Gasteiger partial charge < -0.3 is 15.5 Å². The first-order chi connectivity index (χ1) is 9.73. The molecule has 0 radical (unpaired) electrons. The first-order valence-corrected chi connectivity index (χ1v) is 7.24. The summed E-state index contributed by atoms with van der Waals surface area (Å²) < 4.78 is 14.2. The van der Waals surface area contributed by atoms with E-state index in [0.717, 1.165) is 5.56 Å². The van der Waals surface area contributed by atoms with Crippen LogP contribution < -0.4 is 15.5 Å². The molecule has 1 aromatic rings. The quantitative estimate of drug-likeness (QED) is 0.846. The fourth-order valence-corrected chi connectivity index (χ4v) is 1.89. The SMILES string of the molecule is CCNC(=O)CN(C)c1ccc(CNC(C)(C)C)cc1F. The van der Waals surface area contributed by atoms with Crippen LogP contribution in [0.5, 0.6) is 0 Å². The number of likely N-dealkylation sites (N-methyl/N-ethyl adjacent to an activating group) is 2. The fraction of sp³-hybridized carbons (Fsp3) is 0.562. The molecule has 0 atom stereocenters. The third-order valence-corrected chi connectivity index (χ3v) is 3.00. The molecule has 1 rings (SSSR count). The van der Waals surface area contributed by atoms with Crippen LogP contribution in [0, 0.1) is 5.82 Å². The molecule has 0 aliphatic heterocycles. The molecule has 0 aliphatic rings. The Bertz CT molecular complexity index is 483. The molecule has 4 nitrogen and oxygen atoms in total. The van der Waals surface area contributed by atoms with E-state index in [1.165, 1.54) is 6.07 Å². The molecular formula is C16H26FN3O. The molecule has 0 spiro atoms. The highest BCUT2D eigenvalue weighted by Crippen LogP contribution is 2.19. The van der Waals surface area contributed by atoms with Crippen LogP contribution in [0.4, 0.5) is 10.1 Å². The summed E-state index contributed by atoms with van der Waals surface area (Å²) in [5.41, 5.74) is 1.31. The molecule has 1 aromatic carbocycles. The summed E-state index contributed by atoms with van der Waals surface area (Å²) in [4.78, 5) is 13.1. The highest BCUT2D eigenvalue weighted by molar-refractivity contribution is 5.81. The van der Waals surface area contributed by atoms with Gasteiger partial charge in [0.1, 0.15) is 5.82 Å². The maximum absolute atomic E-state index is 14.2. The molecule has 0 fully saturated rings. The molecule has 0 aromatic heterocycles. The standard InChI is InChI=1S/C16H26FN3O/c1-6-18-15(21)11-20(5)14-8-7-12(9-13(14)17)10-19-16(2,3)4/h7-9,19H,6,10-11H2,1-5H3,(H,18,21). The Hall–Kier alpha value is -1.62. The molecule has 5 heteroatoms. The normalized spacial score (nSPS) is 11.3. The number of anilines is 1. The third kappa shape index (κ3) is 6.12. The molecule has 0 unspecified atom stereocenters. The average Bonchev–Trinajstić information content (AvgIpc) is 2.35. The number of amides is 1. The van der Waals surface area contributed by atoms with E-state index in [9.17, 15) is 9.18 Å². The number of carbonyl (C=O) groups excluding carboxylic acids is 1. The van der Waals surface area contributed by atoms with Crippen LogP contribution in [0.1, 0.15) is 33.3 Å². The summed E-state index contributed by atoms with van der Waals surface area (Å²) in [5, 5.41) is 6.02. The molecule has 0 bridgehead atoms. The van der Waals surface area contributed by atoms with E-state index < -0.39 is 0 Å². The van der Waals surface area contributed by atoms with Crippen LogP contribution in [0.25, 0.3) is 0 Å². The van der Waals surface area contributed by atoms with E-state index in [1.54, 1.807) is 18.0 Å². The van der Waals surface area contributed by atoms with Crippen molar-refractivity contribution in [3.05, 3.63) is 29.6 Å². The van der Waals surface area contributed by atoms with Gasteiger partial charge >= 0.3 is 0 Å². The minimum atomic E-state index is -0.310. The van der Waals surface area contributed by atoms with E-state index in [-0.39, 0.29) is 23.8 Å². The van der Waals surface area contributed by atoms with E-state index in [0.29, 0.717) is 18.8 Å². The van der Waals surface area contributed by atoms with Crippen molar-refractivity contribution >= 4 is 11.6 Å². The summed E-state index contributed by atoms with van der Waals surface area (Å²) >= 11 is 0. The van der Waals surface area contributed by atoms with Crippen molar-refractivity contribution < 1.29 is 9.18 Å². The Morgan fingerprint density at radius 1 is 1.33 bits per heavy atom. The number of hydrogen-bond acceptors (Lipinski definition) is 3. The second kappa shape index (κ2) is 7.41. The Labute approximate surface area is 126 Å². The Morgan fingerprint density at radius 2 is 2.00 bits per heavy atom. The van der Waals surface area contributed by atoms with Crippen molar-refractivity contribution in [2.75, 3.05) is 25.0 Å². The minimum absolute atomic E-state index is 0.00974. The molecule has 0 heterocycles. The van der Waals surface area contributed by atoms with Gasteiger partial charge in [0.15, 0.2) is 0 Å². The van der Waals surface area contributed by atoms with E-state index in [2.05, 4.69) is 31.4 Å². The van der Waals surface area contributed by atoms with Gasteiger partial charge in [-0.05, 0) is 45.4 Å². The maximum Gasteiger partial charge on any atom is 0.239 e. The van der Waals surface area contributed by atoms with Crippen LogP contribution in [0.15, 0.2) is 18.2 Å². The smallest absolute Gasteiger partial charge is 0.239 e. The van der Waals surface area contributed by atoms with Crippen LogP contribution >= 0.6 is 0 Å². The summed E-state index contributed by atoms with van der Waals surface area (Å²) in [7, 11) is 1.71. The average molecular weight is 295 g/mol. The molecule has 21 heavy (non-hydrogen) atoms. The molecule has 2 N–H and O–H groups in total. The molecule has 0 saturated carbocycles. The zero-order valence-electron chi connectivity index (χ0n) is 13.6. The summed E-state index contributed by atoms with van der Waals surface area (Å²) in [6, 6.07) is 5.11. The predicted octanol–water partition coefficient (Wildman–Crippen LogP) is 2.29. The maximum atomic E-state index is 14.2. The van der Waals surface area contributed by atoms with Gasteiger partial charge in [-0.2, -0.15) is 0 Å². The predicted molar refractivity (Wildman–Crippen MR) is 84.9 cm³/mol. The number of benzene rings is 1. The Kier molecular flexibility index (Phi) is 6.15. The lowest BCUT2D eigenvalue weighted by Crippen LogP contribution is -2.35. The van der Waals surface area contributed by atoms with Crippen LogP contribution in [-0.4, -0.2) is 31.6 Å². The second-order valence-corrected chi connectivity index (χ2v) is 6.20. The number of halogens is 1. The van der Waals surface area contributed by atoms with Gasteiger partial charge in [0.25, 0.3) is 0 Å². The Morgan fingerprint density at radius 3 is 2.52 bits per heavy atom. The lowest BCUT2D eigenvalue weighted by molar-refractivity contribution is -0.119. The molecule has 1 amide bonds. The molecular weight excluding hydrogens is 269 g/mol. The van der Waals surface area contributed by atoms with E-state index >= 15 is 0 Å². The third-order valence-electron chi connectivity index (χ3n) is 3.00. The van der Waals surface area contributed by atoms with E-state index in [1.807, 2.05) is 13.0 Å². The van der Waals surface area contributed by atoms with Gasteiger partial charge in [-0.1, -0.05) is 6.07 Å². The van der Waals surface area contributed by atoms with Crippen molar-refractivity contribution in [2.45, 2.75) is 39.8 Å². The summed E-state index contributed by atoms with van der Waals surface area (Å²) in [6.07, 6.45) is 0. The molecule has 0 aliphatic carbocycles. The van der Waals surface area contributed by atoms with Gasteiger partial charge in [0, 0.05) is 25.7 Å². The van der Waals surface area contributed by atoms with Crippen LogP contribution in [0.3, 0.4) is 0 Å². The number of hydrogen-bond donors (Lipinski definition) is 2. The van der Waals surface area contributed by atoms with Crippen LogP contribution in [0.2, 0.25) is 0 Å². The monoisotopic (exact) mass is 295 g/mol. The largest absolute Gasteiger partial charge is 0.363 e. The van der Waals surface area contributed by atoms with Crippen LogP contribution in [-0.2, 0) is 11.3 Å².